The Labute approximate surface area is 130 Å². The minimum Gasteiger partial charge on any atom is -0.497 e. The normalized spacial score (nSPS) is 10.0. The summed E-state index contributed by atoms with van der Waals surface area (Å²) >= 11 is 0. The van der Waals surface area contributed by atoms with Gasteiger partial charge in [-0.05, 0) is 12.1 Å². The lowest BCUT2D eigenvalue weighted by Gasteiger charge is -2.23. The van der Waals surface area contributed by atoms with Crippen LogP contribution in [0.4, 0.5) is 5.69 Å². The highest BCUT2D eigenvalue weighted by molar-refractivity contribution is 5.98. The van der Waals surface area contributed by atoms with Crippen molar-refractivity contribution < 1.29 is 23.8 Å². The van der Waals surface area contributed by atoms with Gasteiger partial charge < -0.3 is 19.5 Å². The first-order chi connectivity index (χ1) is 10.5. The molecule has 0 unspecified atom stereocenters. The maximum atomic E-state index is 11.9. The SMILES string of the molecule is COCCNC(=O)CN(C(C)=O)c1ccc(OC)cc1OC. The molecule has 1 aromatic carbocycles. The Morgan fingerprint density at radius 1 is 1.18 bits per heavy atom. The van der Waals surface area contributed by atoms with Crippen LogP contribution in [0, 0.1) is 0 Å². The van der Waals surface area contributed by atoms with E-state index in [0.29, 0.717) is 30.3 Å². The standard InChI is InChI=1S/C15H22N2O5/c1-11(18)17(10-15(19)16-7-8-20-2)13-6-5-12(21-3)9-14(13)22-4/h5-6,9H,7-8,10H2,1-4H3,(H,16,19). The van der Waals surface area contributed by atoms with Crippen LogP contribution in [0.5, 0.6) is 11.5 Å². The number of nitrogens with one attached hydrogen (secondary N) is 1. The van der Waals surface area contributed by atoms with Crippen LogP contribution in [0.1, 0.15) is 6.92 Å². The van der Waals surface area contributed by atoms with Crippen molar-refractivity contribution in [3.63, 3.8) is 0 Å². The van der Waals surface area contributed by atoms with Crippen molar-refractivity contribution in [1.82, 2.24) is 5.32 Å². The summed E-state index contributed by atoms with van der Waals surface area (Å²) in [5.74, 6) is 0.531. The fourth-order valence-corrected chi connectivity index (χ4v) is 1.87. The van der Waals surface area contributed by atoms with E-state index in [1.807, 2.05) is 0 Å². The highest BCUT2D eigenvalue weighted by Gasteiger charge is 2.19. The molecule has 1 N–H and O–H groups in total. The summed E-state index contributed by atoms with van der Waals surface area (Å²) in [5, 5.41) is 2.68. The molecule has 22 heavy (non-hydrogen) atoms. The van der Waals surface area contributed by atoms with E-state index in [4.69, 9.17) is 14.2 Å². The second-order valence-corrected chi connectivity index (χ2v) is 4.49. The van der Waals surface area contributed by atoms with Crippen LogP contribution in [0.3, 0.4) is 0 Å². The van der Waals surface area contributed by atoms with Crippen molar-refractivity contribution in [1.29, 1.82) is 0 Å². The molecule has 0 saturated heterocycles. The van der Waals surface area contributed by atoms with E-state index in [-0.39, 0.29) is 18.4 Å². The lowest BCUT2D eigenvalue weighted by molar-refractivity contribution is -0.123. The van der Waals surface area contributed by atoms with Crippen LogP contribution in [0.25, 0.3) is 0 Å². The van der Waals surface area contributed by atoms with Crippen molar-refractivity contribution in [2.75, 3.05) is 45.9 Å². The predicted molar refractivity (Wildman–Crippen MR) is 82.5 cm³/mol. The third kappa shape index (κ3) is 4.92. The van der Waals surface area contributed by atoms with Crippen molar-refractivity contribution in [3.05, 3.63) is 18.2 Å². The van der Waals surface area contributed by atoms with E-state index in [1.54, 1.807) is 32.4 Å². The molecule has 0 fully saturated rings. The summed E-state index contributed by atoms with van der Waals surface area (Å²) < 4.78 is 15.3. The lowest BCUT2D eigenvalue weighted by atomic mass is 10.2. The van der Waals surface area contributed by atoms with Crippen LogP contribution >= 0.6 is 0 Å². The third-order valence-corrected chi connectivity index (χ3v) is 2.99. The van der Waals surface area contributed by atoms with Crippen LogP contribution in [0.2, 0.25) is 0 Å². The second-order valence-electron chi connectivity index (χ2n) is 4.49. The van der Waals surface area contributed by atoms with Crippen molar-refractivity contribution in [2.24, 2.45) is 0 Å². The zero-order valence-electron chi connectivity index (χ0n) is 13.3. The predicted octanol–water partition coefficient (Wildman–Crippen LogP) is 0.819. The van der Waals surface area contributed by atoms with Gasteiger partial charge in [-0.1, -0.05) is 0 Å². The van der Waals surface area contributed by atoms with E-state index in [1.165, 1.54) is 18.9 Å². The average Bonchev–Trinajstić information content (AvgIpc) is 2.52. The quantitative estimate of drug-likeness (QED) is 0.719. The molecular weight excluding hydrogens is 288 g/mol. The number of hydrogen-bond acceptors (Lipinski definition) is 5. The van der Waals surface area contributed by atoms with E-state index in [0.717, 1.165) is 0 Å². The molecule has 0 aliphatic rings. The number of hydrogen-bond donors (Lipinski definition) is 1. The molecule has 0 bridgehead atoms. The maximum absolute atomic E-state index is 11.9. The van der Waals surface area contributed by atoms with E-state index >= 15 is 0 Å². The van der Waals surface area contributed by atoms with Gasteiger partial charge in [0, 0.05) is 26.6 Å². The molecule has 0 radical (unpaired) electrons. The number of carbonyl (C=O) groups is 2. The first-order valence-corrected chi connectivity index (χ1v) is 6.79. The Hall–Kier alpha value is -2.28. The molecule has 2 amide bonds. The molecule has 0 aromatic heterocycles. The number of amides is 2. The van der Waals surface area contributed by atoms with E-state index in [9.17, 15) is 9.59 Å². The molecule has 1 aromatic rings. The van der Waals surface area contributed by atoms with Gasteiger partial charge in [0.05, 0.1) is 26.5 Å². The Bertz CT molecular complexity index is 519. The number of methoxy groups -OCH3 is 3. The topological polar surface area (TPSA) is 77.1 Å². The van der Waals surface area contributed by atoms with Gasteiger partial charge in [0.25, 0.3) is 0 Å². The highest BCUT2D eigenvalue weighted by atomic mass is 16.5. The average molecular weight is 310 g/mol. The monoisotopic (exact) mass is 310 g/mol. The summed E-state index contributed by atoms with van der Waals surface area (Å²) in [6, 6.07) is 5.05. The molecule has 0 aliphatic carbocycles. The smallest absolute Gasteiger partial charge is 0.240 e. The zero-order chi connectivity index (χ0) is 16.5. The van der Waals surface area contributed by atoms with E-state index in [2.05, 4.69) is 5.32 Å². The van der Waals surface area contributed by atoms with Gasteiger partial charge >= 0.3 is 0 Å². The Morgan fingerprint density at radius 2 is 1.91 bits per heavy atom. The second kappa shape index (κ2) is 8.89. The number of carbonyl (C=O) groups excluding carboxylic acids is 2. The summed E-state index contributed by atoms with van der Waals surface area (Å²) in [6.07, 6.45) is 0. The Kier molecular flexibility index (Phi) is 7.18. The van der Waals surface area contributed by atoms with Crippen molar-refractivity contribution in [3.8, 4) is 11.5 Å². The molecule has 0 aliphatic heterocycles. The molecule has 122 valence electrons. The van der Waals surface area contributed by atoms with Crippen LogP contribution in [-0.2, 0) is 14.3 Å². The number of anilines is 1. The summed E-state index contributed by atoms with van der Waals surface area (Å²) in [4.78, 5) is 25.1. The molecule has 7 heteroatoms. The minimum atomic E-state index is -0.273. The molecule has 7 nitrogen and oxygen atoms in total. The molecule has 0 atom stereocenters. The Morgan fingerprint density at radius 3 is 2.45 bits per heavy atom. The van der Waals surface area contributed by atoms with Crippen LogP contribution < -0.4 is 19.7 Å². The lowest BCUT2D eigenvalue weighted by Crippen LogP contribution is -2.40. The van der Waals surface area contributed by atoms with Gasteiger partial charge in [-0.3, -0.25) is 14.5 Å². The summed E-state index contributed by atoms with van der Waals surface area (Å²) in [7, 11) is 4.59. The molecular formula is C15H22N2O5. The fraction of sp³-hybridized carbons (Fsp3) is 0.467. The van der Waals surface area contributed by atoms with Gasteiger partial charge in [-0.15, -0.1) is 0 Å². The molecule has 0 saturated carbocycles. The van der Waals surface area contributed by atoms with Crippen molar-refractivity contribution in [2.45, 2.75) is 6.92 Å². The van der Waals surface area contributed by atoms with Gasteiger partial charge in [0.2, 0.25) is 11.8 Å². The van der Waals surface area contributed by atoms with Gasteiger partial charge in [0.15, 0.2) is 0 Å². The number of nitrogens with zero attached hydrogens (tertiary/aromatic N) is 1. The summed E-state index contributed by atoms with van der Waals surface area (Å²) in [5.41, 5.74) is 0.512. The zero-order valence-corrected chi connectivity index (χ0v) is 13.3. The first kappa shape index (κ1) is 17.8. The number of rotatable bonds is 8. The van der Waals surface area contributed by atoms with Gasteiger partial charge in [0.1, 0.15) is 18.0 Å². The summed E-state index contributed by atoms with van der Waals surface area (Å²) in [6.45, 7) is 2.10. The van der Waals surface area contributed by atoms with Gasteiger partial charge in [-0.2, -0.15) is 0 Å². The first-order valence-electron chi connectivity index (χ1n) is 6.79. The molecule has 0 heterocycles. The molecule has 1 rings (SSSR count). The minimum absolute atomic E-state index is 0.0955. The largest absolute Gasteiger partial charge is 0.497 e. The van der Waals surface area contributed by atoms with Crippen LogP contribution in [-0.4, -0.2) is 52.8 Å². The molecule has 0 spiro atoms. The number of benzene rings is 1. The Balaban J connectivity index is 2.91. The number of ether oxygens (including phenoxy) is 3. The van der Waals surface area contributed by atoms with Crippen LogP contribution in [0.15, 0.2) is 18.2 Å². The van der Waals surface area contributed by atoms with Crippen molar-refractivity contribution >= 4 is 17.5 Å². The maximum Gasteiger partial charge on any atom is 0.240 e. The van der Waals surface area contributed by atoms with Gasteiger partial charge in [-0.25, -0.2) is 0 Å². The fourth-order valence-electron chi connectivity index (χ4n) is 1.87. The third-order valence-electron chi connectivity index (χ3n) is 2.99. The highest BCUT2D eigenvalue weighted by Crippen LogP contribution is 2.32. The van der Waals surface area contributed by atoms with E-state index < -0.39 is 0 Å².